The normalized spacial score (nSPS) is 53.4. The Bertz CT molecular complexity index is 1500. The lowest BCUT2D eigenvalue weighted by Gasteiger charge is -2.50. The Hall–Kier alpha value is -1.08. The lowest BCUT2D eigenvalue weighted by molar-refractivity contribution is -0.397. The molecule has 0 radical (unpaired) electrons. The standard InChI is InChI=1S/C40H70O27/c1-11-14(4)58-18(8-44)32(22(11)47)64-37-13(3)23(48)33(19(9-45)62-37)65-39-31(56)34(27(52)20(63-39)10-57-38-30(55)28(53)25(50)16(6-42)60-38)66-40-35(29(54)26(51)17(7-43)61-40)67-36-12(2)21(46)24(49)15(5-41)59-36/h11-56H,5-10H2,1-4H3/t11-,12+,13+,14+,15?,16?,17-,18?,19?,20?,21?,22?,23?,24-,25-,26-,27-,28?,29?,30-,31-,32-,33-,34?,35?,36+,37+,38+,39+,40-/m1/s1. The van der Waals surface area contributed by atoms with Gasteiger partial charge in [-0.1, -0.05) is 20.8 Å². The van der Waals surface area contributed by atoms with Gasteiger partial charge in [0.05, 0.1) is 64.1 Å². The van der Waals surface area contributed by atoms with Gasteiger partial charge in [0.15, 0.2) is 31.5 Å². The summed E-state index contributed by atoms with van der Waals surface area (Å²) in [6, 6.07) is 0. The molecule has 6 saturated heterocycles. The molecule has 0 aliphatic carbocycles. The maximum Gasteiger partial charge on any atom is 0.187 e. The predicted molar refractivity (Wildman–Crippen MR) is 212 cm³/mol. The average Bonchev–Trinajstić information content (AvgIpc) is 3.32. The van der Waals surface area contributed by atoms with Crippen LogP contribution in [0.1, 0.15) is 27.7 Å². The smallest absolute Gasteiger partial charge is 0.187 e. The predicted octanol–water partition coefficient (Wildman–Crippen LogP) is -9.20. The molecular weight excluding hydrogens is 912 g/mol. The molecule has 16 N–H and O–H groups in total. The van der Waals surface area contributed by atoms with Crippen LogP contribution in [0.4, 0.5) is 0 Å². The van der Waals surface area contributed by atoms with Gasteiger partial charge in [-0.3, -0.25) is 0 Å². The van der Waals surface area contributed by atoms with E-state index in [0.29, 0.717) is 0 Å². The molecule has 0 bridgehead atoms. The fourth-order valence-corrected chi connectivity index (χ4v) is 9.13. The average molecular weight is 983 g/mol. The van der Waals surface area contributed by atoms with Gasteiger partial charge < -0.3 is 134 Å². The summed E-state index contributed by atoms with van der Waals surface area (Å²) in [6.45, 7) is 1.65. The molecule has 392 valence electrons. The number of aliphatic hydroxyl groups is 16. The first kappa shape index (κ1) is 55.2. The quantitative estimate of drug-likeness (QED) is 0.0683. The van der Waals surface area contributed by atoms with Gasteiger partial charge in [-0.05, 0) is 6.92 Å². The largest absolute Gasteiger partial charge is 0.394 e. The van der Waals surface area contributed by atoms with Crippen LogP contribution in [0.2, 0.25) is 0 Å². The van der Waals surface area contributed by atoms with Crippen molar-refractivity contribution in [3.05, 3.63) is 0 Å². The maximum absolute atomic E-state index is 11.9. The number of aliphatic hydroxyl groups excluding tert-OH is 16. The number of ether oxygens (including phenoxy) is 11. The maximum atomic E-state index is 11.9. The Labute approximate surface area is 384 Å². The molecule has 0 saturated carbocycles. The summed E-state index contributed by atoms with van der Waals surface area (Å²) in [4.78, 5) is 0. The van der Waals surface area contributed by atoms with Crippen molar-refractivity contribution in [2.75, 3.05) is 39.6 Å². The highest BCUT2D eigenvalue weighted by molar-refractivity contribution is 4.99. The highest BCUT2D eigenvalue weighted by Crippen LogP contribution is 2.38. The van der Waals surface area contributed by atoms with E-state index in [0.717, 1.165) is 0 Å². The van der Waals surface area contributed by atoms with E-state index in [1.54, 1.807) is 13.8 Å². The van der Waals surface area contributed by atoms with Crippen LogP contribution in [0, 0.1) is 17.8 Å². The Morgan fingerprint density at radius 2 is 0.701 bits per heavy atom. The summed E-state index contributed by atoms with van der Waals surface area (Å²) >= 11 is 0. The molecule has 12 unspecified atom stereocenters. The van der Waals surface area contributed by atoms with Crippen LogP contribution in [0.15, 0.2) is 0 Å². The first-order valence-corrected chi connectivity index (χ1v) is 22.4. The van der Waals surface area contributed by atoms with E-state index in [-0.39, 0.29) is 0 Å². The van der Waals surface area contributed by atoms with Crippen LogP contribution in [0.25, 0.3) is 0 Å². The van der Waals surface area contributed by atoms with Gasteiger partial charge in [-0.15, -0.1) is 0 Å². The third-order valence-electron chi connectivity index (χ3n) is 13.8. The van der Waals surface area contributed by atoms with Gasteiger partial charge in [0.1, 0.15) is 110 Å². The van der Waals surface area contributed by atoms with E-state index >= 15 is 0 Å². The molecule has 6 aliphatic rings. The van der Waals surface area contributed by atoms with Gasteiger partial charge in [-0.25, -0.2) is 0 Å². The summed E-state index contributed by atoms with van der Waals surface area (Å²) in [5.74, 6) is -2.52. The number of hydrogen-bond donors (Lipinski definition) is 16. The minimum Gasteiger partial charge on any atom is -0.394 e. The minimum absolute atomic E-state index is 0.442. The first-order valence-electron chi connectivity index (χ1n) is 22.4. The van der Waals surface area contributed by atoms with Crippen LogP contribution in [-0.2, 0) is 52.1 Å². The van der Waals surface area contributed by atoms with Gasteiger partial charge >= 0.3 is 0 Å². The summed E-state index contributed by atoms with van der Waals surface area (Å²) in [5.41, 5.74) is 0. The summed E-state index contributed by atoms with van der Waals surface area (Å²) in [6.07, 6.45) is -43.4. The molecule has 0 aromatic carbocycles. The van der Waals surface area contributed by atoms with E-state index in [1.807, 2.05) is 0 Å². The topological polar surface area (TPSA) is 425 Å². The molecule has 6 aliphatic heterocycles. The minimum atomic E-state index is -2.13. The fraction of sp³-hybridized carbons (Fsp3) is 1.00. The van der Waals surface area contributed by atoms with Crippen LogP contribution >= 0.6 is 0 Å². The van der Waals surface area contributed by atoms with Gasteiger partial charge in [0.25, 0.3) is 0 Å². The SMILES string of the molecule is C[C@@H]1OC(CO)[C@@H](O[C@@H]2OC(CO)[C@@H](O[C@@H]3OC(CO[C@H]4OC(CO)[C@@H](O)C(O)[C@H]4O)[C@@H](O)C(O[C@H]4O[C@H](CO)[C@@H](O)C(O)C4O[C@@H]4OC(CO)[C@@H](O)C(O)[C@@H]4C)[C@H]3O)C(O)[C@@H]2C)C(O)[C@@H]1C. The second-order valence-electron chi connectivity index (χ2n) is 18.2. The third-order valence-corrected chi connectivity index (χ3v) is 13.8. The molecule has 0 aromatic heterocycles. The van der Waals surface area contributed by atoms with E-state index < -0.39 is 223 Å². The highest BCUT2D eigenvalue weighted by atomic mass is 16.8. The zero-order chi connectivity index (χ0) is 49.3. The summed E-state index contributed by atoms with van der Waals surface area (Å²) in [5, 5.41) is 171. The van der Waals surface area contributed by atoms with Gasteiger partial charge in [0.2, 0.25) is 0 Å². The Kier molecular flexibility index (Phi) is 19.5. The van der Waals surface area contributed by atoms with Crippen LogP contribution < -0.4 is 0 Å². The first-order chi connectivity index (χ1) is 31.7. The lowest BCUT2D eigenvalue weighted by Crippen LogP contribution is -2.67. The van der Waals surface area contributed by atoms with Crippen LogP contribution in [-0.4, -0.2) is 287 Å². The van der Waals surface area contributed by atoms with E-state index in [4.69, 9.17) is 52.1 Å². The van der Waals surface area contributed by atoms with Gasteiger partial charge in [0, 0.05) is 17.8 Å². The molecule has 6 rings (SSSR count). The van der Waals surface area contributed by atoms with E-state index in [1.165, 1.54) is 13.8 Å². The molecular formula is C40H70O27. The monoisotopic (exact) mass is 982 g/mol. The second-order valence-corrected chi connectivity index (χ2v) is 18.2. The molecule has 30 atom stereocenters. The van der Waals surface area contributed by atoms with Crippen LogP contribution in [0.5, 0.6) is 0 Å². The highest BCUT2D eigenvalue weighted by Gasteiger charge is 2.57. The van der Waals surface area contributed by atoms with Crippen molar-refractivity contribution in [3.8, 4) is 0 Å². The van der Waals surface area contributed by atoms with Crippen molar-refractivity contribution in [1.29, 1.82) is 0 Å². The van der Waals surface area contributed by atoms with Crippen molar-refractivity contribution in [1.82, 2.24) is 0 Å². The van der Waals surface area contributed by atoms with Crippen LogP contribution in [0.3, 0.4) is 0 Å². The Morgan fingerprint density at radius 1 is 0.299 bits per heavy atom. The molecule has 0 spiro atoms. The Balaban J connectivity index is 1.27. The molecule has 67 heavy (non-hydrogen) atoms. The number of hydrogen-bond acceptors (Lipinski definition) is 27. The summed E-state index contributed by atoms with van der Waals surface area (Å²) in [7, 11) is 0. The molecule has 6 heterocycles. The molecule has 27 heteroatoms. The molecule has 0 aromatic rings. The van der Waals surface area contributed by atoms with Crippen molar-refractivity contribution in [3.63, 3.8) is 0 Å². The zero-order valence-corrected chi connectivity index (χ0v) is 37.2. The summed E-state index contributed by atoms with van der Waals surface area (Å²) < 4.78 is 64.6. The van der Waals surface area contributed by atoms with Gasteiger partial charge in [-0.2, -0.15) is 0 Å². The van der Waals surface area contributed by atoms with E-state index in [2.05, 4.69) is 0 Å². The number of rotatable bonds is 16. The Morgan fingerprint density at radius 3 is 1.27 bits per heavy atom. The zero-order valence-electron chi connectivity index (χ0n) is 37.2. The fourth-order valence-electron chi connectivity index (χ4n) is 9.13. The lowest BCUT2D eigenvalue weighted by atomic mass is 9.88. The van der Waals surface area contributed by atoms with Crippen molar-refractivity contribution < 1.29 is 134 Å². The molecule has 0 amide bonds. The molecule has 27 nitrogen and oxygen atoms in total. The van der Waals surface area contributed by atoms with E-state index in [9.17, 15) is 81.7 Å². The third kappa shape index (κ3) is 11.4. The van der Waals surface area contributed by atoms with Crippen molar-refractivity contribution in [2.45, 2.75) is 193 Å². The second kappa shape index (κ2) is 23.6. The van der Waals surface area contributed by atoms with Crippen molar-refractivity contribution >= 4 is 0 Å². The molecule has 6 fully saturated rings. The van der Waals surface area contributed by atoms with Crippen molar-refractivity contribution in [2.24, 2.45) is 17.8 Å².